The van der Waals surface area contributed by atoms with Crippen LogP contribution >= 0.6 is 0 Å². The summed E-state index contributed by atoms with van der Waals surface area (Å²) in [5, 5.41) is 5.07. The molecular formula is C12H18N4O3S. The molecule has 1 aromatic rings. The van der Waals surface area contributed by atoms with E-state index < -0.39 is 10.2 Å². The molecule has 1 aromatic carbocycles. The van der Waals surface area contributed by atoms with Gasteiger partial charge in [-0.05, 0) is 24.6 Å². The Hall–Kier alpha value is -1.64. The Labute approximate surface area is 118 Å². The normalized spacial score (nSPS) is 17.2. The van der Waals surface area contributed by atoms with Gasteiger partial charge in [0.1, 0.15) is 0 Å². The van der Waals surface area contributed by atoms with E-state index in [1.807, 2.05) is 6.92 Å². The number of hydrogen-bond donors (Lipinski definition) is 2. The number of hydrogen-bond acceptors (Lipinski definition) is 4. The van der Waals surface area contributed by atoms with Crippen molar-refractivity contribution in [2.75, 3.05) is 31.9 Å². The molecule has 1 amide bonds. The highest BCUT2D eigenvalue weighted by Crippen LogP contribution is 2.16. The first kappa shape index (κ1) is 14.8. The standard InChI is InChI=1S/C12H18N4O3S/c1-9-2-3-10(13)8-11(9)12(17)15-4-6-16(7-5-15)20(14,18)19/h2-3,8H,4-7,13H2,1H3,(H2,14,18,19). The third-order valence-corrected chi connectivity index (χ3v) is 4.46. The number of piperazine rings is 1. The minimum Gasteiger partial charge on any atom is -0.399 e. The Bertz CT molecular complexity index is 622. The number of rotatable bonds is 2. The molecule has 1 heterocycles. The highest BCUT2D eigenvalue weighted by Gasteiger charge is 2.27. The van der Waals surface area contributed by atoms with Gasteiger partial charge in [-0.25, -0.2) is 5.14 Å². The molecule has 1 fully saturated rings. The number of carbonyl (C=O) groups excluding carboxylic acids is 1. The molecule has 20 heavy (non-hydrogen) atoms. The summed E-state index contributed by atoms with van der Waals surface area (Å²) >= 11 is 0. The zero-order chi connectivity index (χ0) is 14.9. The molecule has 2 rings (SSSR count). The van der Waals surface area contributed by atoms with Gasteiger partial charge in [-0.15, -0.1) is 0 Å². The Morgan fingerprint density at radius 1 is 1.20 bits per heavy atom. The lowest BCUT2D eigenvalue weighted by atomic mass is 10.1. The predicted octanol–water partition coefficient (Wildman–Crippen LogP) is -0.461. The first-order valence-electron chi connectivity index (χ1n) is 6.22. The molecule has 0 aliphatic carbocycles. The molecule has 0 saturated carbocycles. The summed E-state index contributed by atoms with van der Waals surface area (Å²) in [6, 6.07) is 5.18. The summed E-state index contributed by atoms with van der Waals surface area (Å²) < 4.78 is 23.6. The third kappa shape index (κ3) is 3.09. The fraction of sp³-hybridized carbons (Fsp3) is 0.417. The fourth-order valence-corrected chi connectivity index (χ4v) is 2.86. The van der Waals surface area contributed by atoms with Crippen LogP contribution in [0.5, 0.6) is 0 Å². The van der Waals surface area contributed by atoms with E-state index in [-0.39, 0.29) is 19.0 Å². The minimum atomic E-state index is -3.68. The Morgan fingerprint density at radius 3 is 2.35 bits per heavy atom. The minimum absolute atomic E-state index is 0.135. The zero-order valence-corrected chi connectivity index (χ0v) is 12.1. The Morgan fingerprint density at radius 2 is 1.80 bits per heavy atom. The molecule has 0 bridgehead atoms. The van der Waals surface area contributed by atoms with Crippen molar-refractivity contribution in [2.24, 2.45) is 5.14 Å². The van der Waals surface area contributed by atoms with Crippen molar-refractivity contribution >= 4 is 21.8 Å². The van der Waals surface area contributed by atoms with Crippen molar-refractivity contribution in [3.63, 3.8) is 0 Å². The van der Waals surface area contributed by atoms with E-state index in [1.165, 1.54) is 4.31 Å². The highest BCUT2D eigenvalue weighted by molar-refractivity contribution is 7.86. The summed E-state index contributed by atoms with van der Waals surface area (Å²) in [7, 11) is -3.68. The van der Waals surface area contributed by atoms with Gasteiger partial charge in [0.2, 0.25) is 0 Å². The van der Waals surface area contributed by atoms with Gasteiger partial charge in [0.15, 0.2) is 0 Å². The van der Waals surface area contributed by atoms with Crippen LogP contribution in [-0.4, -0.2) is 49.7 Å². The van der Waals surface area contributed by atoms with Crippen molar-refractivity contribution in [1.29, 1.82) is 0 Å². The van der Waals surface area contributed by atoms with Crippen molar-refractivity contribution in [3.05, 3.63) is 29.3 Å². The molecule has 0 aromatic heterocycles. The van der Waals surface area contributed by atoms with Crippen LogP contribution in [0.15, 0.2) is 18.2 Å². The first-order chi connectivity index (χ1) is 9.29. The molecule has 0 radical (unpaired) electrons. The third-order valence-electron chi connectivity index (χ3n) is 3.38. The maximum Gasteiger partial charge on any atom is 0.277 e. The van der Waals surface area contributed by atoms with E-state index in [0.29, 0.717) is 24.3 Å². The average Bonchev–Trinajstić information content (AvgIpc) is 2.40. The number of carbonyl (C=O) groups is 1. The number of nitrogens with two attached hydrogens (primary N) is 2. The van der Waals surface area contributed by atoms with E-state index in [1.54, 1.807) is 23.1 Å². The van der Waals surface area contributed by atoms with E-state index in [0.717, 1.165) is 5.56 Å². The van der Waals surface area contributed by atoms with Gasteiger partial charge in [-0.3, -0.25) is 4.79 Å². The van der Waals surface area contributed by atoms with Crippen LogP contribution in [0, 0.1) is 6.92 Å². The monoisotopic (exact) mass is 298 g/mol. The molecule has 1 saturated heterocycles. The van der Waals surface area contributed by atoms with E-state index in [4.69, 9.17) is 10.9 Å². The van der Waals surface area contributed by atoms with Crippen LogP contribution in [0.25, 0.3) is 0 Å². The lowest BCUT2D eigenvalue weighted by Crippen LogP contribution is -2.52. The maximum absolute atomic E-state index is 12.4. The molecule has 0 unspecified atom stereocenters. The summed E-state index contributed by atoms with van der Waals surface area (Å²) in [6.45, 7) is 2.91. The van der Waals surface area contributed by atoms with Crippen LogP contribution in [0.4, 0.5) is 5.69 Å². The van der Waals surface area contributed by atoms with Gasteiger partial charge in [0.05, 0.1) is 0 Å². The highest BCUT2D eigenvalue weighted by atomic mass is 32.2. The quantitative estimate of drug-likeness (QED) is 0.720. The van der Waals surface area contributed by atoms with Gasteiger partial charge < -0.3 is 10.6 Å². The number of benzene rings is 1. The van der Waals surface area contributed by atoms with Crippen molar-refractivity contribution in [2.45, 2.75) is 6.92 Å². The summed E-state index contributed by atoms with van der Waals surface area (Å²) in [4.78, 5) is 14.0. The largest absolute Gasteiger partial charge is 0.399 e. The number of nitrogens with zero attached hydrogens (tertiary/aromatic N) is 2. The second-order valence-corrected chi connectivity index (χ2v) is 6.36. The molecule has 8 heteroatoms. The molecule has 1 aliphatic rings. The second-order valence-electron chi connectivity index (χ2n) is 4.81. The van der Waals surface area contributed by atoms with Gasteiger partial charge in [-0.1, -0.05) is 6.07 Å². The van der Waals surface area contributed by atoms with Crippen LogP contribution < -0.4 is 10.9 Å². The van der Waals surface area contributed by atoms with Crippen molar-refractivity contribution < 1.29 is 13.2 Å². The van der Waals surface area contributed by atoms with Gasteiger partial charge in [-0.2, -0.15) is 12.7 Å². The fourth-order valence-electron chi connectivity index (χ4n) is 2.19. The predicted molar refractivity (Wildman–Crippen MR) is 76.2 cm³/mol. The second kappa shape index (κ2) is 5.39. The first-order valence-corrected chi connectivity index (χ1v) is 7.72. The maximum atomic E-state index is 12.4. The molecule has 1 aliphatic heterocycles. The Kier molecular flexibility index (Phi) is 3.98. The lowest BCUT2D eigenvalue weighted by molar-refractivity contribution is 0.0697. The SMILES string of the molecule is Cc1ccc(N)cc1C(=O)N1CCN(S(N)(=O)=O)CC1. The topological polar surface area (TPSA) is 110 Å². The van der Waals surface area contributed by atoms with Crippen LogP contribution in [0.3, 0.4) is 0 Å². The van der Waals surface area contributed by atoms with E-state index in [9.17, 15) is 13.2 Å². The van der Waals surface area contributed by atoms with Gasteiger partial charge in [0.25, 0.3) is 16.1 Å². The lowest BCUT2D eigenvalue weighted by Gasteiger charge is -2.33. The molecular weight excluding hydrogens is 280 g/mol. The molecule has 7 nitrogen and oxygen atoms in total. The van der Waals surface area contributed by atoms with Crippen molar-refractivity contribution in [1.82, 2.24) is 9.21 Å². The molecule has 4 N–H and O–H groups in total. The summed E-state index contributed by atoms with van der Waals surface area (Å²) in [5.74, 6) is -0.135. The summed E-state index contributed by atoms with van der Waals surface area (Å²) in [6.07, 6.45) is 0. The number of nitrogen functional groups attached to an aromatic ring is 1. The van der Waals surface area contributed by atoms with Gasteiger partial charge in [0, 0.05) is 37.4 Å². The van der Waals surface area contributed by atoms with E-state index in [2.05, 4.69) is 0 Å². The average molecular weight is 298 g/mol. The number of amides is 1. The Balaban J connectivity index is 2.11. The molecule has 110 valence electrons. The van der Waals surface area contributed by atoms with Crippen molar-refractivity contribution in [3.8, 4) is 0 Å². The van der Waals surface area contributed by atoms with Gasteiger partial charge >= 0.3 is 0 Å². The van der Waals surface area contributed by atoms with Crippen LogP contribution in [0.2, 0.25) is 0 Å². The van der Waals surface area contributed by atoms with Crippen LogP contribution in [-0.2, 0) is 10.2 Å². The molecule has 0 atom stereocenters. The molecule has 0 spiro atoms. The van der Waals surface area contributed by atoms with E-state index >= 15 is 0 Å². The van der Waals surface area contributed by atoms with Crippen LogP contribution in [0.1, 0.15) is 15.9 Å². The number of anilines is 1. The number of aryl methyl sites for hydroxylation is 1. The zero-order valence-electron chi connectivity index (χ0n) is 11.2. The summed E-state index contributed by atoms with van der Waals surface area (Å²) in [5.41, 5.74) is 7.62. The smallest absolute Gasteiger partial charge is 0.277 e.